The third kappa shape index (κ3) is 4.21. The largest absolute Gasteiger partial charge is 0.398 e. The molecule has 4 N–H and O–H groups in total. The van der Waals surface area contributed by atoms with Gasteiger partial charge in [-0.1, -0.05) is 32.0 Å². The van der Waals surface area contributed by atoms with Crippen molar-refractivity contribution in [1.29, 1.82) is 0 Å². The first kappa shape index (κ1) is 13.0. The van der Waals surface area contributed by atoms with Gasteiger partial charge in [-0.05, 0) is 24.0 Å². The zero-order valence-electron chi connectivity index (χ0n) is 10.1. The highest BCUT2D eigenvalue weighted by molar-refractivity contribution is 5.46. The number of aliphatic hydroxyl groups is 1. The van der Waals surface area contributed by atoms with Gasteiger partial charge in [-0.2, -0.15) is 0 Å². The van der Waals surface area contributed by atoms with Crippen molar-refractivity contribution in [2.24, 2.45) is 5.92 Å². The van der Waals surface area contributed by atoms with Crippen molar-refractivity contribution in [3.05, 3.63) is 29.8 Å². The fraction of sp³-hybridized carbons (Fsp3) is 0.538. The summed E-state index contributed by atoms with van der Waals surface area (Å²) in [5.74, 6) is 0.581. The molecule has 0 radical (unpaired) electrons. The van der Waals surface area contributed by atoms with E-state index in [1.165, 1.54) is 0 Å². The van der Waals surface area contributed by atoms with E-state index in [-0.39, 0.29) is 12.6 Å². The zero-order chi connectivity index (χ0) is 12.0. The smallest absolute Gasteiger partial charge is 0.0584 e. The van der Waals surface area contributed by atoms with Crippen LogP contribution >= 0.6 is 0 Å². The second-order valence-corrected chi connectivity index (χ2v) is 4.59. The lowest BCUT2D eigenvalue weighted by molar-refractivity contribution is 0.223. The summed E-state index contributed by atoms with van der Waals surface area (Å²) in [6.07, 6.45) is 0.975. The molecule has 0 bridgehead atoms. The van der Waals surface area contributed by atoms with Crippen LogP contribution in [0.15, 0.2) is 24.3 Å². The van der Waals surface area contributed by atoms with E-state index in [0.717, 1.165) is 17.7 Å². The van der Waals surface area contributed by atoms with Crippen molar-refractivity contribution in [3.8, 4) is 0 Å². The zero-order valence-corrected chi connectivity index (χ0v) is 10.1. The summed E-state index contributed by atoms with van der Waals surface area (Å²) in [7, 11) is 0. The lowest BCUT2D eigenvalue weighted by atomic mass is 10.0. The van der Waals surface area contributed by atoms with E-state index in [1.54, 1.807) is 0 Å². The second-order valence-electron chi connectivity index (χ2n) is 4.59. The number of rotatable bonds is 6. The molecular formula is C13H22N2O. The van der Waals surface area contributed by atoms with Crippen molar-refractivity contribution >= 4 is 5.69 Å². The first-order valence-electron chi connectivity index (χ1n) is 5.81. The van der Waals surface area contributed by atoms with E-state index in [1.807, 2.05) is 24.3 Å². The van der Waals surface area contributed by atoms with Gasteiger partial charge < -0.3 is 16.2 Å². The number of aliphatic hydroxyl groups excluding tert-OH is 1. The molecule has 0 saturated carbocycles. The van der Waals surface area contributed by atoms with Crippen LogP contribution in [0, 0.1) is 5.92 Å². The highest BCUT2D eigenvalue weighted by Gasteiger charge is 2.09. The Labute approximate surface area is 97.7 Å². The van der Waals surface area contributed by atoms with E-state index >= 15 is 0 Å². The maximum Gasteiger partial charge on any atom is 0.0584 e. The topological polar surface area (TPSA) is 58.3 Å². The van der Waals surface area contributed by atoms with E-state index in [9.17, 15) is 5.11 Å². The third-order valence-electron chi connectivity index (χ3n) is 2.61. The molecule has 0 aliphatic rings. The molecule has 1 atom stereocenters. The van der Waals surface area contributed by atoms with Crippen molar-refractivity contribution in [2.75, 3.05) is 12.3 Å². The molecule has 0 spiro atoms. The highest BCUT2D eigenvalue weighted by Crippen LogP contribution is 2.11. The number of anilines is 1. The molecule has 0 saturated heterocycles. The summed E-state index contributed by atoms with van der Waals surface area (Å²) in [5.41, 5.74) is 7.74. The molecule has 0 fully saturated rings. The van der Waals surface area contributed by atoms with Gasteiger partial charge in [-0.3, -0.25) is 0 Å². The predicted octanol–water partition coefficient (Wildman–Crippen LogP) is 1.77. The minimum absolute atomic E-state index is 0.152. The Bertz CT molecular complexity index is 313. The van der Waals surface area contributed by atoms with Crippen LogP contribution in [0.4, 0.5) is 5.69 Å². The molecule has 0 heterocycles. The van der Waals surface area contributed by atoms with Gasteiger partial charge in [0.2, 0.25) is 0 Å². The predicted molar refractivity (Wildman–Crippen MR) is 68.0 cm³/mol. The van der Waals surface area contributed by atoms with Gasteiger partial charge in [0.05, 0.1) is 6.61 Å². The van der Waals surface area contributed by atoms with Gasteiger partial charge in [-0.25, -0.2) is 0 Å². The molecule has 0 aromatic heterocycles. The van der Waals surface area contributed by atoms with Crippen molar-refractivity contribution in [1.82, 2.24) is 5.32 Å². The van der Waals surface area contributed by atoms with E-state index in [2.05, 4.69) is 19.2 Å². The average Bonchev–Trinajstić information content (AvgIpc) is 2.25. The number of benzene rings is 1. The van der Waals surface area contributed by atoms with Crippen LogP contribution in [0.5, 0.6) is 0 Å². The van der Waals surface area contributed by atoms with Crippen LogP contribution in [0.25, 0.3) is 0 Å². The molecule has 16 heavy (non-hydrogen) atoms. The van der Waals surface area contributed by atoms with Crippen LogP contribution in [0.2, 0.25) is 0 Å². The highest BCUT2D eigenvalue weighted by atomic mass is 16.3. The molecule has 0 aliphatic carbocycles. The van der Waals surface area contributed by atoms with Gasteiger partial charge in [0.25, 0.3) is 0 Å². The molecule has 1 aromatic carbocycles. The molecule has 1 unspecified atom stereocenters. The van der Waals surface area contributed by atoms with Crippen molar-refractivity contribution in [3.63, 3.8) is 0 Å². The Balaban J connectivity index is 2.46. The van der Waals surface area contributed by atoms with Crippen LogP contribution in [-0.2, 0) is 6.54 Å². The Morgan fingerprint density at radius 3 is 2.56 bits per heavy atom. The molecule has 3 heteroatoms. The minimum Gasteiger partial charge on any atom is -0.398 e. The molecular weight excluding hydrogens is 200 g/mol. The first-order valence-corrected chi connectivity index (χ1v) is 5.81. The monoisotopic (exact) mass is 222 g/mol. The summed E-state index contributed by atoms with van der Waals surface area (Å²) in [6.45, 7) is 5.19. The quantitative estimate of drug-likeness (QED) is 0.643. The third-order valence-corrected chi connectivity index (χ3v) is 2.61. The average molecular weight is 222 g/mol. The fourth-order valence-corrected chi connectivity index (χ4v) is 1.74. The second kappa shape index (κ2) is 6.51. The maximum absolute atomic E-state index is 9.23. The van der Waals surface area contributed by atoms with Gasteiger partial charge >= 0.3 is 0 Å². The summed E-state index contributed by atoms with van der Waals surface area (Å²) >= 11 is 0. The summed E-state index contributed by atoms with van der Waals surface area (Å²) in [6, 6.07) is 7.96. The normalized spacial score (nSPS) is 13.0. The first-order chi connectivity index (χ1) is 7.63. The Kier molecular flexibility index (Phi) is 5.29. The molecule has 3 nitrogen and oxygen atoms in total. The molecule has 0 aliphatic heterocycles. The van der Waals surface area contributed by atoms with Gasteiger partial charge in [0.15, 0.2) is 0 Å². The number of hydrogen-bond acceptors (Lipinski definition) is 3. The number of hydrogen-bond donors (Lipinski definition) is 3. The van der Waals surface area contributed by atoms with Crippen LogP contribution in [0.1, 0.15) is 25.8 Å². The van der Waals surface area contributed by atoms with Crippen LogP contribution in [0.3, 0.4) is 0 Å². The molecule has 0 amide bonds. The standard InChI is InChI=1S/C13H22N2O/c1-10(2)7-12(9-16)15-8-11-5-3-4-6-13(11)14/h3-6,10,12,15-16H,7-9,14H2,1-2H3. The Morgan fingerprint density at radius 2 is 2.00 bits per heavy atom. The lowest BCUT2D eigenvalue weighted by Crippen LogP contribution is -2.33. The Morgan fingerprint density at radius 1 is 1.31 bits per heavy atom. The van der Waals surface area contributed by atoms with Crippen molar-refractivity contribution < 1.29 is 5.11 Å². The van der Waals surface area contributed by atoms with E-state index in [4.69, 9.17) is 5.73 Å². The van der Waals surface area contributed by atoms with E-state index in [0.29, 0.717) is 12.5 Å². The molecule has 1 aromatic rings. The number of nitrogens with one attached hydrogen (secondary N) is 1. The van der Waals surface area contributed by atoms with Crippen LogP contribution < -0.4 is 11.1 Å². The van der Waals surface area contributed by atoms with Gasteiger partial charge in [0.1, 0.15) is 0 Å². The number of nitrogen functional groups attached to an aromatic ring is 1. The SMILES string of the molecule is CC(C)CC(CO)NCc1ccccc1N. The van der Waals surface area contributed by atoms with Crippen LogP contribution in [-0.4, -0.2) is 17.8 Å². The van der Waals surface area contributed by atoms with Gasteiger partial charge in [-0.15, -0.1) is 0 Å². The summed E-state index contributed by atoms with van der Waals surface area (Å²) < 4.78 is 0. The molecule has 1 rings (SSSR count). The fourth-order valence-electron chi connectivity index (χ4n) is 1.74. The minimum atomic E-state index is 0.152. The summed E-state index contributed by atoms with van der Waals surface area (Å²) in [5, 5.41) is 12.6. The molecule has 90 valence electrons. The summed E-state index contributed by atoms with van der Waals surface area (Å²) in [4.78, 5) is 0. The van der Waals surface area contributed by atoms with Gasteiger partial charge in [0, 0.05) is 18.3 Å². The Hall–Kier alpha value is -1.06. The maximum atomic E-state index is 9.23. The number of para-hydroxylation sites is 1. The van der Waals surface area contributed by atoms with E-state index < -0.39 is 0 Å². The van der Waals surface area contributed by atoms with Crippen molar-refractivity contribution in [2.45, 2.75) is 32.9 Å². The lowest BCUT2D eigenvalue weighted by Gasteiger charge is -2.18. The number of nitrogens with two attached hydrogens (primary N) is 1.